The second kappa shape index (κ2) is 7.14. The average molecular weight is 366 g/mol. The molecule has 1 saturated heterocycles. The summed E-state index contributed by atoms with van der Waals surface area (Å²) in [7, 11) is 0. The Morgan fingerprint density at radius 1 is 1.19 bits per heavy atom. The minimum absolute atomic E-state index is 0.203. The van der Waals surface area contributed by atoms with Crippen LogP contribution in [-0.2, 0) is 17.8 Å². The highest BCUT2D eigenvalue weighted by Gasteiger charge is 2.32. The van der Waals surface area contributed by atoms with Crippen LogP contribution in [0.5, 0.6) is 0 Å². The van der Waals surface area contributed by atoms with Gasteiger partial charge in [0.25, 0.3) is 0 Å². The fourth-order valence-electron chi connectivity index (χ4n) is 4.91. The number of amides is 1. The van der Waals surface area contributed by atoms with Crippen LogP contribution >= 0.6 is 0 Å². The van der Waals surface area contributed by atoms with Gasteiger partial charge in [-0.1, -0.05) is 30.7 Å². The molecule has 4 heteroatoms. The van der Waals surface area contributed by atoms with Crippen molar-refractivity contribution < 1.29 is 4.79 Å². The van der Waals surface area contributed by atoms with E-state index < -0.39 is 0 Å². The van der Waals surface area contributed by atoms with E-state index in [0.29, 0.717) is 12.5 Å². The molecule has 0 N–H and O–H groups in total. The van der Waals surface area contributed by atoms with E-state index in [2.05, 4.69) is 50.8 Å². The summed E-state index contributed by atoms with van der Waals surface area (Å²) >= 11 is 0. The van der Waals surface area contributed by atoms with Gasteiger partial charge in [0.2, 0.25) is 5.91 Å². The van der Waals surface area contributed by atoms with Crippen LogP contribution in [0.1, 0.15) is 78.2 Å². The lowest BCUT2D eigenvalue weighted by molar-refractivity contribution is -0.133. The first kappa shape index (κ1) is 18.3. The van der Waals surface area contributed by atoms with Crippen LogP contribution in [0.15, 0.2) is 18.2 Å². The van der Waals surface area contributed by atoms with E-state index in [-0.39, 0.29) is 11.9 Å². The van der Waals surface area contributed by atoms with Crippen molar-refractivity contribution in [3.8, 4) is 0 Å². The number of benzene rings is 1. The standard InChI is InChI=1S/C23H31N3O/c1-15-10-11-16(2)20(13-15)21-9-6-12-25(21)22(27)14-26-18(4)19-8-5-7-17(3)23(19)24-26/h10-11,13,17,21H,5-9,12,14H2,1-4H3/t17-,21?/m0/s1. The van der Waals surface area contributed by atoms with Crippen molar-refractivity contribution >= 4 is 5.91 Å². The Balaban J connectivity index is 1.57. The number of aryl methyl sites for hydroxylation is 2. The van der Waals surface area contributed by atoms with E-state index in [1.165, 1.54) is 46.5 Å². The second-order valence-corrected chi connectivity index (χ2v) is 8.51. The zero-order valence-corrected chi connectivity index (χ0v) is 17.1. The highest BCUT2D eigenvalue weighted by Crippen LogP contribution is 2.35. The van der Waals surface area contributed by atoms with Crippen LogP contribution in [0, 0.1) is 20.8 Å². The third kappa shape index (κ3) is 3.30. The molecule has 1 fully saturated rings. The highest BCUT2D eigenvalue weighted by molar-refractivity contribution is 5.77. The predicted molar refractivity (Wildman–Crippen MR) is 108 cm³/mol. The highest BCUT2D eigenvalue weighted by atomic mass is 16.2. The van der Waals surface area contributed by atoms with Crippen LogP contribution in [0.2, 0.25) is 0 Å². The Bertz CT molecular complexity index is 867. The van der Waals surface area contributed by atoms with Gasteiger partial charge in [-0.3, -0.25) is 9.48 Å². The quantitative estimate of drug-likeness (QED) is 0.796. The van der Waals surface area contributed by atoms with Gasteiger partial charge < -0.3 is 4.90 Å². The molecule has 2 atom stereocenters. The van der Waals surface area contributed by atoms with Crippen molar-refractivity contribution in [2.45, 2.75) is 78.3 Å². The maximum atomic E-state index is 13.2. The lowest BCUT2D eigenvalue weighted by Gasteiger charge is -2.27. The van der Waals surface area contributed by atoms with Gasteiger partial charge in [0.15, 0.2) is 0 Å². The normalized spacial score (nSPS) is 22.1. The van der Waals surface area contributed by atoms with Crippen LogP contribution in [0.25, 0.3) is 0 Å². The molecule has 4 rings (SSSR count). The summed E-state index contributed by atoms with van der Waals surface area (Å²) in [4.78, 5) is 15.3. The van der Waals surface area contributed by atoms with Crippen molar-refractivity contribution in [3.63, 3.8) is 0 Å². The zero-order chi connectivity index (χ0) is 19.1. The summed E-state index contributed by atoms with van der Waals surface area (Å²) in [5.74, 6) is 0.715. The number of nitrogens with zero attached hydrogens (tertiary/aromatic N) is 3. The molecule has 1 unspecified atom stereocenters. The van der Waals surface area contributed by atoms with Crippen molar-refractivity contribution in [1.82, 2.24) is 14.7 Å². The number of likely N-dealkylation sites (tertiary alicyclic amines) is 1. The molecule has 1 aliphatic heterocycles. The molecule has 1 aliphatic carbocycles. The van der Waals surface area contributed by atoms with Gasteiger partial charge in [-0.25, -0.2) is 0 Å². The average Bonchev–Trinajstić information content (AvgIpc) is 3.24. The largest absolute Gasteiger partial charge is 0.334 e. The van der Waals surface area contributed by atoms with Crippen LogP contribution in [0.3, 0.4) is 0 Å². The van der Waals surface area contributed by atoms with E-state index in [9.17, 15) is 4.79 Å². The minimum Gasteiger partial charge on any atom is -0.334 e. The van der Waals surface area contributed by atoms with Gasteiger partial charge in [-0.2, -0.15) is 5.10 Å². The van der Waals surface area contributed by atoms with Crippen LogP contribution < -0.4 is 0 Å². The molecule has 0 saturated carbocycles. The zero-order valence-electron chi connectivity index (χ0n) is 17.1. The molecule has 2 aromatic rings. The maximum Gasteiger partial charge on any atom is 0.244 e. The van der Waals surface area contributed by atoms with E-state index in [4.69, 9.17) is 5.10 Å². The number of hydrogen-bond acceptors (Lipinski definition) is 2. The van der Waals surface area contributed by atoms with Crippen molar-refractivity contribution in [1.29, 1.82) is 0 Å². The molecule has 4 nitrogen and oxygen atoms in total. The summed E-state index contributed by atoms with van der Waals surface area (Å²) in [6.45, 7) is 9.89. The molecular formula is C23H31N3O. The Hall–Kier alpha value is -2.10. The van der Waals surface area contributed by atoms with Gasteiger partial charge in [-0.05, 0) is 69.6 Å². The SMILES string of the molecule is Cc1ccc(C)c(C2CCCN2C(=O)Cn2nc3c(c2C)CCC[C@@H]3C)c1. The third-order valence-corrected chi connectivity index (χ3v) is 6.54. The lowest BCUT2D eigenvalue weighted by Crippen LogP contribution is -2.34. The fraction of sp³-hybridized carbons (Fsp3) is 0.565. The molecule has 1 aromatic heterocycles. The molecule has 2 heterocycles. The number of rotatable bonds is 3. The number of fused-ring (bicyclic) bond motifs is 1. The molecule has 1 amide bonds. The Kier molecular flexibility index (Phi) is 4.83. The topological polar surface area (TPSA) is 38.1 Å². The fourth-order valence-corrected chi connectivity index (χ4v) is 4.91. The molecule has 144 valence electrons. The van der Waals surface area contributed by atoms with E-state index in [0.717, 1.165) is 25.8 Å². The minimum atomic E-state index is 0.203. The molecule has 27 heavy (non-hydrogen) atoms. The number of hydrogen-bond donors (Lipinski definition) is 0. The molecule has 0 spiro atoms. The smallest absolute Gasteiger partial charge is 0.244 e. The van der Waals surface area contributed by atoms with E-state index >= 15 is 0 Å². The van der Waals surface area contributed by atoms with Gasteiger partial charge in [-0.15, -0.1) is 0 Å². The van der Waals surface area contributed by atoms with E-state index in [1.807, 2.05) is 4.68 Å². The predicted octanol–water partition coefficient (Wildman–Crippen LogP) is 4.61. The van der Waals surface area contributed by atoms with Gasteiger partial charge in [0, 0.05) is 18.2 Å². The first-order valence-corrected chi connectivity index (χ1v) is 10.4. The van der Waals surface area contributed by atoms with Gasteiger partial charge >= 0.3 is 0 Å². The Labute approximate surface area is 162 Å². The summed E-state index contributed by atoms with van der Waals surface area (Å²) in [6, 6.07) is 6.80. The maximum absolute atomic E-state index is 13.2. The van der Waals surface area contributed by atoms with Gasteiger partial charge in [0.1, 0.15) is 6.54 Å². The summed E-state index contributed by atoms with van der Waals surface area (Å²) in [5.41, 5.74) is 7.65. The lowest BCUT2D eigenvalue weighted by atomic mass is 9.88. The molecule has 0 bridgehead atoms. The summed E-state index contributed by atoms with van der Waals surface area (Å²) in [6.07, 6.45) is 5.68. The molecular weight excluding hydrogens is 334 g/mol. The first-order chi connectivity index (χ1) is 13.0. The monoisotopic (exact) mass is 365 g/mol. The Morgan fingerprint density at radius 2 is 2.00 bits per heavy atom. The molecule has 0 radical (unpaired) electrons. The second-order valence-electron chi connectivity index (χ2n) is 8.51. The van der Waals surface area contributed by atoms with Gasteiger partial charge in [0.05, 0.1) is 11.7 Å². The third-order valence-electron chi connectivity index (χ3n) is 6.54. The molecule has 1 aromatic carbocycles. The molecule has 2 aliphatic rings. The number of carbonyl (C=O) groups is 1. The number of aromatic nitrogens is 2. The van der Waals surface area contributed by atoms with Crippen LogP contribution in [-0.4, -0.2) is 27.1 Å². The first-order valence-electron chi connectivity index (χ1n) is 10.4. The Morgan fingerprint density at radius 3 is 2.78 bits per heavy atom. The van der Waals surface area contributed by atoms with Crippen LogP contribution in [0.4, 0.5) is 0 Å². The van der Waals surface area contributed by atoms with Crippen molar-refractivity contribution in [2.24, 2.45) is 0 Å². The number of carbonyl (C=O) groups excluding carboxylic acids is 1. The van der Waals surface area contributed by atoms with E-state index in [1.54, 1.807) is 0 Å². The summed E-state index contributed by atoms with van der Waals surface area (Å²) in [5, 5.41) is 4.84. The van der Waals surface area contributed by atoms with Crippen molar-refractivity contribution in [3.05, 3.63) is 51.8 Å². The van der Waals surface area contributed by atoms with Crippen molar-refractivity contribution in [2.75, 3.05) is 6.54 Å². The summed E-state index contributed by atoms with van der Waals surface area (Å²) < 4.78 is 1.97.